The van der Waals surface area contributed by atoms with E-state index in [0.717, 1.165) is 0 Å². The van der Waals surface area contributed by atoms with E-state index in [2.05, 4.69) is 30.0 Å². The van der Waals surface area contributed by atoms with Gasteiger partial charge in [0.1, 0.15) is 0 Å². The van der Waals surface area contributed by atoms with Gasteiger partial charge >= 0.3 is 0 Å². The molecule has 0 fully saturated rings. The van der Waals surface area contributed by atoms with Gasteiger partial charge < -0.3 is 0 Å². The van der Waals surface area contributed by atoms with E-state index in [-0.39, 0.29) is 0 Å². The molecule has 25 heavy (non-hydrogen) atoms. The molecule has 0 saturated heterocycles. The first kappa shape index (κ1) is 25.4. The fraction of sp³-hybridized carbons (Fsp3) is 1.00. The van der Waals surface area contributed by atoms with E-state index in [0.29, 0.717) is 5.41 Å². The van der Waals surface area contributed by atoms with Gasteiger partial charge in [-0.15, -0.1) is 9.24 Å². The van der Waals surface area contributed by atoms with Crippen LogP contribution in [0.2, 0.25) is 0 Å². The summed E-state index contributed by atoms with van der Waals surface area (Å²) in [7, 11) is 2.85. The fourth-order valence-corrected chi connectivity index (χ4v) is 4.58. The minimum atomic E-state index is 0.695. The summed E-state index contributed by atoms with van der Waals surface area (Å²) >= 11 is 0. The quantitative estimate of drug-likeness (QED) is 0.148. The second-order valence-corrected chi connectivity index (χ2v) is 9.11. The second kappa shape index (κ2) is 19.2. The molecule has 0 spiro atoms. The summed E-state index contributed by atoms with van der Waals surface area (Å²) in [6.07, 6.45) is 28.9. The number of hydrogen-bond acceptors (Lipinski definition) is 0. The third-order valence-corrected chi connectivity index (χ3v) is 6.50. The summed E-state index contributed by atoms with van der Waals surface area (Å²) in [5, 5.41) is 0. The Morgan fingerprint density at radius 3 is 1.12 bits per heavy atom. The van der Waals surface area contributed by atoms with Crippen LogP contribution in [0.3, 0.4) is 0 Å². The first-order valence-electron chi connectivity index (χ1n) is 11.9. The van der Waals surface area contributed by atoms with Gasteiger partial charge in [0.25, 0.3) is 0 Å². The van der Waals surface area contributed by atoms with Crippen molar-refractivity contribution in [3.05, 3.63) is 0 Å². The van der Waals surface area contributed by atoms with E-state index < -0.39 is 0 Å². The second-order valence-electron chi connectivity index (χ2n) is 8.53. The standard InChI is InChI=1S/C24H51P/c1-4-7-19-24(20-8-5-2,21-9-6-3)22-17-15-13-11-10-12-14-16-18-23-25/h4-23,25H2,1-3H3. The lowest BCUT2D eigenvalue weighted by molar-refractivity contribution is 0.175. The third-order valence-electron chi connectivity index (χ3n) is 6.09. The number of rotatable bonds is 20. The Morgan fingerprint density at radius 1 is 0.440 bits per heavy atom. The van der Waals surface area contributed by atoms with E-state index in [9.17, 15) is 0 Å². The highest BCUT2D eigenvalue weighted by molar-refractivity contribution is 7.16. The molecule has 0 radical (unpaired) electrons. The lowest BCUT2D eigenvalue weighted by atomic mass is 9.71. The van der Waals surface area contributed by atoms with Crippen LogP contribution in [0.5, 0.6) is 0 Å². The molecule has 0 amide bonds. The van der Waals surface area contributed by atoms with Crippen molar-refractivity contribution in [1.82, 2.24) is 0 Å². The molecule has 1 unspecified atom stereocenters. The van der Waals surface area contributed by atoms with Crippen molar-refractivity contribution >= 4 is 9.24 Å². The van der Waals surface area contributed by atoms with Crippen LogP contribution in [0.4, 0.5) is 0 Å². The summed E-state index contributed by atoms with van der Waals surface area (Å²) in [6, 6.07) is 0. The molecule has 0 aromatic rings. The Morgan fingerprint density at radius 2 is 0.760 bits per heavy atom. The van der Waals surface area contributed by atoms with E-state index >= 15 is 0 Å². The van der Waals surface area contributed by atoms with Gasteiger partial charge in [0, 0.05) is 0 Å². The smallest absolute Gasteiger partial charge is 0.0297 e. The van der Waals surface area contributed by atoms with Crippen molar-refractivity contribution in [3.8, 4) is 0 Å². The summed E-state index contributed by atoms with van der Waals surface area (Å²) < 4.78 is 0. The maximum absolute atomic E-state index is 2.85. The van der Waals surface area contributed by atoms with Crippen molar-refractivity contribution in [3.63, 3.8) is 0 Å². The highest BCUT2D eigenvalue weighted by Gasteiger charge is 2.27. The van der Waals surface area contributed by atoms with Gasteiger partial charge in [-0.3, -0.25) is 0 Å². The molecule has 0 heterocycles. The van der Waals surface area contributed by atoms with Crippen molar-refractivity contribution in [2.45, 2.75) is 143 Å². The average molecular weight is 371 g/mol. The Bertz CT molecular complexity index is 227. The summed E-state index contributed by atoms with van der Waals surface area (Å²) in [5.74, 6) is 0. The van der Waals surface area contributed by atoms with Crippen LogP contribution in [0.25, 0.3) is 0 Å². The van der Waals surface area contributed by atoms with Crippen molar-refractivity contribution in [1.29, 1.82) is 0 Å². The van der Waals surface area contributed by atoms with Gasteiger partial charge in [0.05, 0.1) is 0 Å². The van der Waals surface area contributed by atoms with Gasteiger partial charge in [0.15, 0.2) is 0 Å². The molecule has 0 rings (SSSR count). The van der Waals surface area contributed by atoms with Gasteiger partial charge in [-0.2, -0.15) is 0 Å². The molecular formula is C24H51P. The van der Waals surface area contributed by atoms with Crippen LogP contribution in [0.15, 0.2) is 0 Å². The van der Waals surface area contributed by atoms with E-state index in [1.165, 1.54) is 128 Å². The highest BCUT2D eigenvalue weighted by atomic mass is 31.0. The van der Waals surface area contributed by atoms with E-state index in [1.807, 2.05) is 0 Å². The van der Waals surface area contributed by atoms with Crippen LogP contribution in [-0.2, 0) is 0 Å². The molecular weight excluding hydrogens is 319 g/mol. The maximum atomic E-state index is 2.85. The number of unbranched alkanes of at least 4 members (excludes halogenated alkanes) is 11. The first-order valence-corrected chi connectivity index (χ1v) is 12.8. The van der Waals surface area contributed by atoms with Crippen LogP contribution in [0.1, 0.15) is 143 Å². The van der Waals surface area contributed by atoms with Crippen LogP contribution in [-0.4, -0.2) is 6.16 Å². The molecule has 0 aliphatic heterocycles. The highest BCUT2D eigenvalue weighted by Crippen LogP contribution is 2.41. The van der Waals surface area contributed by atoms with Gasteiger partial charge in [-0.05, 0) is 43.7 Å². The van der Waals surface area contributed by atoms with Crippen LogP contribution >= 0.6 is 9.24 Å². The molecule has 0 saturated carbocycles. The fourth-order valence-electron chi connectivity index (χ4n) is 4.29. The minimum absolute atomic E-state index is 0.695. The molecule has 1 heteroatoms. The average Bonchev–Trinajstić information content (AvgIpc) is 2.64. The van der Waals surface area contributed by atoms with Crippen molar-refractivity contribution in [2.24, 2.45) is 5.41 Å². The topological polar surface area (TPSA) is 0 Å². The maximum Gasteiger partial charge on any atom is -0.0297 e. The normalized spacial score (nSPS) is 12.0. The van der Waals surface area contributed by atoms with E-state index in [1.54, 1.807) is 0 Å². The summed E-state index contributed by atoms with van der Waals surface area (Å²) in [4.78, 5) is 0. The molecule has 0 aliphatic rings. The monoisotopic (exact) mass is 370 g/mol. The molecule has 1 atom stereocenters. The minimum Gasteiger partial charge on any atom is -0.138 e. The summed E-state index contributed by atoms with van der Waals surface area (Å²) in [6.45, 7) is 7.09. The Labute approximate surface area is 163 Å². The third kappa shape index (κ3) is 15.2. The zero-order valence-corrected chi connectivity index (χ0v) is 19.4. The molecule has 152 valence electrons. The molecule has 0 aromatic heterocycles. The van der Waals surface area contributed by atoms with Gasteiger partial charge in [-0.25, -0.2) is 0 Å². The van der Waals surface area contributed by atoms with Crippen LogP contribution in [0, 0.1) is 5.41 Å². The predicted octanol–water partition coefficient (Wildman–Crippen LogP) is 9.32. The molecule has 0 nitrogen and oxygen atoms in total. The van der Waals surface area contributed by atoms with Crippen molar-refractivity contribution < 1.29 is 0 Å². The molecule has 0 N–H and O–H groups in total. The Kier molecular flexibility index (Phi) is 19.5. The first-order chi connectivity index (χ1) is 12.2. The van der Waals surface area contributed by atoms with Gasteiger partial charge in [-0.1, -0.05) is 111 Å². The molecule has 0 aromatic carbocycles. The Hall–Kier alpha value is 0.430. The van der Waals surface area contributed by atoms with E-state index in [4.69, 9.17) is 0 Å². The zero-order chi connectivity index (χ0) is 18.6. The van der Waals surface area contributed by atoms with Crippen molar-refractivity contribution in [2.75, 3.05) is 6.16 Å². The summed E-state index contributed by atoms with van der Waals surface area (Å²) in [5.41, 5.74) is 0.695. The SMILES string of the molecule is CCCCC(CCCC)(CCCC)CCCCCCCCCCCP. The largest absolute Gasteiger partial charge is 0.138 e. The lowest BCUT2D eigenvalue weighted by Crippen LogP contribution is -2.21. The molecule has 0 bridgehead atoms. The van der Waals surface area contributed by atoms with Crippen LogP contribution < -0.4 is 0 Å². The van der Waals surface area contributed by atoms with Gasteiger partial charge in [0.2, 0.25) is 0 Å². The zero-order valence-electron chi connectivity index (χ0n) is 18.2. The predicted molar refractivity (Wildman–Crippen MR) is 122 cm³/mol. The Balaban J connectivity index is 4.01. The molecule has 0 aliphatic carbocycles. The lowest BCUT2D eigenvalue weighted by Gasteiger charge is -2.35. The number of hydrogen-bond donors (Lipinski definition) is 0.